The van der Waals surface area contributed by atoms with E-state index in [4.69, 9.17) is 10.5 Å². The van der Waals surface area contributed by atoms with Crippen molar-refractivity contribution in [2.45, 2.75) is 47.1 Å². The second-order valence-electron chi connectivity index (χ2n) is 8.13. The molecule has 0 unspecified atom stereocenters. The predicted molar refractivity (Wildman–Crippen MR) is 112 cm³/mol. The van der Waals surface area contributed by atoms with Gasteiger partial charge in [0.2, 0.25) is 5.91 Å². The first kappa shape index (κ1) is 23.2. The molecule has 1 aliphatic heterocycles. The van der Waals surface area contributed by atoms with Crippen LogP contribution in [0.5, 0.6) is 0 Å². The fourth-order valence-electron chi connectivity index (χ4n) is 3.62. The number of hydrogen-bond donors (Lipinski definition) is 1. The van der Waals surface area contributed by atoms with Gasteiger partial charge in [-0.25, -0.2) is 4.79 Å². The van der Waals surface area contributed by atoms with Gasteiger partial charge in [-0.05, 0) is 50.3 Å². The quantitative estimate of drug-likeness (QED) is 0.415. The summed E-state index contributed by atoms with van der Waals surface area (Å²) in [5.41, 5.74) is 7.94. The van der Waals surface area contributed by atoms with Crippen molar-refractivity contribution in [1.82, 2.24) is 9.47 Å². The summed E-state index contributed by atoms with van der Waals surface area (Å²) in [6, 6.07) is 3.80. The molecule has 1 fully saturated rings. The first-order valence-corrected chi connectivity index (χ1v) is 10.2. The minimum Gasteiger partial charge on any atom is -0.451 e. The minimum absolute atomic E-state index is 0.153. The number of primary amides is 1. The smallest absolute Gasteiger partial charge is 0.349 e. The third-order valence-electron chi connectivity index (χ3n) is 5.38. The first-order valence-electron chi connectivity index (χ1n) is 10.2. The molecule has 162 valence electrons. The molecule has 0 spiro atoms. The van der Waals surface area contributed by atoms with E-state index in [9.17, 15) is 19.6 Å². The second-order valence-corrected chi connectivity index (χ2v) is 8.13. The number of nitrogens with two attached hydrogens (primary N) is 1. The number of nitrogens with zero attached hydrogens (tertiary/aromatic N) is 3. The molecule has 30 heavy (non-hydrogen) atoms. The Morgan fingerprint density at radius 3 is 2.47 bits per heavy atom. The maximum absolute atomic E-state index is 12.3. The van der Waals surface area contributed by atoms with Gasteiger partial charge in [-0.15, -0.1) is 0 Å². The Kier molecular flexibility index (Phi) is 7.81. The molecular formula is C22H30N4O4. The van der Waals surface area contributed by atoms with Crippen LogP contribution in [0, 0.1) is 37.0 Å². The number of carbonyl (C=O) groups is 3. The Hall–Kier alpha value is -3.08. The number of rotatable bonds is 7. The zero-order valence-corrected chi connectivity index (χ0v) is 18.1. The lowest BCUT2D eigenvalue weighted by Crippen LogP contribution is -2.43. The summed E-state index contributed by atoms with van der Waals surface area (Å²) in [5.74, 6) is -1.29. The molecule has 0 aromatic carbocycles. The van der Waals surface area contributed by atoms with Crippen LogP contribution < -0.4 is 5.73 Å². The van der Waals surface area contributed by atoms with Crippen LogP contribution in [0.4, 0.5) is 0 Å². The molecule has 2 heterocycles. The summed E-state index contributed by atoms with van der Waals surface area (Å²) in [7, 11) is 0. The monoisotopic (exact) mass is 414 g/mol. The number of ether oxygens (including phenoxy) is 1. The van der Waals surface area contributed by atoms with Crippen molar-refractivity contribution < 1.29 is 19.1 Å². The molecule has 2 rings (SSSR count). The highest BCUT2D eigenvalue weighted by Crippen LogP contribution is 2.20. The number of likely N-dealkylation sites (tertiary alicyclic amines) is 1. The van der Waals surface area contributed by atoms with E-state index in [1.807, 2.05) is 26.0 Å². The lowest BCUT2D eigenvalue weighted by molar-refractivity contribution is -0.149. The molecule has 0 saturated carbocycles. The number of nitriles is 1. The molecule has 0 radical (unpaired) electrons. The van der Waals surface area contributed by atoms with Crippen LogP contribution in [-0.4, -0.2) is 46.9 Å². The Bertz CT molecular complexity index is 884. The molecule has 2 amide bonds. The van der Waals surface area contributed by atoms with Gasteiger partial charge in [-0.3, -0.25) is 9.59 Å². The van der Waals surface area contributed by atoms with Crippen molar-refractivity contribution >= 4 is 23.9 Å². The number of piperidine rings is 1. The van der Waals surface area contributed by atoms with Gasteiger partial charge in [0.25, 0.3) is 5.91 Å². The van der Waals surface area contributed by atoms with E-state index in [0.717, 1.165) is 23.5 Å². The number of esters is 1. The molecule has 1 aromatic heterocycles. The van der Waals surface area contributed by atoms with E-state index in [2.05, 4.69) is 18.4 Å². The van der Waals surface area contributed by atoms with Crippen LogP contribution in [0.15, 0.2) is 11.6 Å². The number of hydrogen-bond acceptors (Lipinski definition) is 5. The van der Waals surface area contributed by atoms with E-state index in [1.54, 1.807) is 4.90 Å². The highest BCUT2D eigenvalue weighted by atomic mass is 16.5. The van der Waals surface area contributed by atoms with Gasteiger partial charge in [0, 0.05) is 36.9 Å². The number of amides is 2. The molecule has 1 saturated heterocycles. The third-order valence-corrected chi connectivity index (χ3v) is 5.38. The Labute approximate surface area is 177 Å². The van der Waals surface area contributed by atoms with Gasteiger partial charge in [0.15, 0.2) is 6.61 Å². The van der Waals surface area contributed by atoms with Crippen LogP contribution in [0.25, 0.3) is 6.08 Å². The Morgan fingerprint density at radius 1 is 1.30 bits per heavy atom. The van der Waals surface area contributed by atoms with Crippen molar-refractivity contribution in [1.29, 1.82) is 5.26 Å². The van der Waals surface area contributed by atoms with Crippen LogP contribution >= 0.6 is 0 Å². The predicted octanol–water partition coefficient (Wildman–Crippen LogP) is 1.94. The van der Waals surface area contributed by atoms with Gasteiger partial charge in [-0.2, -0.15) is 5.26 Å². The zero-order chi connectivity index (χ0) is 22.4. The molecule has 1 aliphatic rings. The Morgan fingerprint density at radius 2 is 1.93 bits per heavy atom. The van der Waals surface area contributed by atoms with Crippen LogP contribution in [0.1, 0.15) is 43.6 Å². The standard InChI is InChI=1S/C22H30N4O4/c1-14(2)12-26-15(3)9-18(16(26)4)10-19(11-23)22(29)30-13-20(27)25-7-5-17(6-8-25)21(24)28/h9-10,14,17H,5-8,12-13H2,1-4H3,(H2,24,28)/b19-10+. The van der Waals surface area contributed by atoms with Gasteiger partial charge in [0.1, 0.15) is 11.6 Å². The molecule has 1 aromatic rings. The lowest BCUT2D eigenvalue weighted by atomic mass is 9.96. The molecule has 8 heteroatoms. The number of aryl methyl sites for hydroxylation is 1. The molecule has 0 aliphatic carbocycles. The first-order chi connectivity index (χ1) is 14.1. The van der Waals surface area contributed by atoms with E-state index in [0.29, 0.717) is 31.8 Å². The van der Waals surface area contributed by atoms with Crippen LogP contribution in [0.2, 0.25) is 0 Å². The van der Waals surface area contributed by atoms with Crippen molar-refractivity contribution in [3.63, 3.8) is 0 Å². The summed E-state index contributed by atoms with van der Waals surface area (Å²) in [6.07, 6.45) is 2.51. The largest absolute Gasteiger partial charge is 0.451 e. The van der Waals surface area contributed by atoms with E-state index in [1.165, 1.54) is 6.08 Å². The summed E-state index contributed by atoms with van der Waals surface area (Å²) >= 11 is 0. The highest BCUT2D eigenvalue weighted by Gasteiger charge is 2.26. The lowest BCUT2D eigenvalue weighted by Gasteiger charge is -2.30. The van der Waals surface area contributed by atoms with Crippen molar-refractivity contribution in [2.24, 2.45) is 17.6 Å². The topological polar surface area (TPSA) is 118 Å². The second kappa shape index (κ2) is 10.1. The average Bonchev–Trinajstić information content (AvgIpc) is 2.96. The summed E-state index contributed by atoms with van der Waals surface area (Å²) < 4.78 is 7.23. The molecule has 8 nitrogen and oxygen atoms in total. The van der Waals surface area contributed by atoms with Crippen molar-refractivity contribution in [3.8, 4) is 6.07 Å². The zero-order valence-electron chi connectivity index (χ0n) is 18.1. The van der Waals surface area contributed by atoms with Gasteiger partial charge in [0.05, 0.1) is 0 Å². The van der Waals surface area contributed by atoms with Crippen molar-refractivity contribution in [3.05, 3.63) is 28.6 Å². The highest BCUT2D eigenvalue weighted by molar-refractivity contribution is 5.99. The summed E-state index contributed by atoms with van der Waals surface area (Å²) in [5, 5.41) is 9.40. The van der Waals surface area contributed by atoms with Crippen LogP contribution in [0.3, 0.4) is 0 Å². The minimum atomic E-state index is -0.827. The fourth-order valence-corrected chi connectivity index (χ4v) is 3.62. The Balaban J connectivity index is 1.99. The summed E-state index contributed by atoms with van der Waals surface area (Å²) in [6.45, 7) is 9.38. The van der Waals surface area contributed by atoms with E-state index >= 15 is 0 Å². The number of aromatic nitrogens is 1. The van der Waals surface area contributed by atoms with Crippen LogP contribution in [-0.2, 0) is 25.7 Å². The SMILES string of the molecule is Cc1cc(/C=C(\C#N)C(=O)OCC(=O)N2CCC(C(N)=O)CC2)c(C)n1CC(C)C. The van der Waals surface area contributed by atoms with E-state index < -0.39 is 12.6 Å². The maximum Gasteiger partial charge on any atom is 0.349 e. The molecule has 0 atom stereocenters. The average molecular weight is 415 g/mol. The van der Waals surface area contributed by atoms with E-state index in [-0.39, 0.29) is 23.3 Å². The number of carbonyl (C=O) groups excluding carboxylic acids is 3. The van der Waals surface area contributed by atoms with Gasteiger partial charge < -0.3 is 19.9 Å². The molecule has 0 bridgehead atoms. The van der Waals surface area contributed by atoms with Crippen molar-refractivity contribution in [2.75, 3.05) is 19.7 Å². The van der Waals surface area contributed by atoms with Gasteiger partial charge in [-0.1, -0.05) is 13.8 Å². The molecule has 2 N–H and O–H groups in total. The summed E-state index contributed by atoms with van der Waals surface area (Å²) in [4.78, 5) is 37.4. The van der Waals surface area contributed by atoms with Gasteiger partial charge >= 0.3 is 5.97 Å². The normalized spacial score (nSPS) is 15.2. The molecular weight excluding hydrogens is 384 g/mol. The maximum atomic E-state index is 12.3. The third kappa shape index (κ3) is 5.72. The fraction of sp³-hybridized carbons (Fsp3) is 0.545.